The molecule has 0 bridgehead atoms. The van der Waals surface area contributed by atoms with Crippen LogP contribution in [0.2, 0.25) is 0 Å². The Hall–Kier alpha value is -1.69. The van der Waals surface area contributed by atoms with Crippen molar-refractivity contribution in [3.8, 4) is 0 Å². The van der Waals surface area contributed by atoms with Gasteiger partial charge in [-0.2, -0.15) is 0 Å². The molecule has 3 rings (SSSR count). The van der Waals surface area contributed by atoms with E-state index in [1.807, 2.05) is 59.9 Å². The van der Waals surface area contributed by atoms with Gasteiger partial charge in [-0.1, -0.05) is 18.7 Å². The van der Waals surface area contributed by atoms with Crippen LogP contribution >= 0.6 is 11.8 Å². The van der Waals surface area contributed by atoms with Gasteiger partial charge in [0.15, 0.2) is 5.17 Å². The molecule has 23 heavy (non-hydrogen) atoms. The summed E-state index contributed by atoms with van der Waals surface area (Å²) in [6.45, 7) is 6.40. The number of thioether (sulfide) groups is 1. The molecule has 2 aliphatic heterocycles. The van der Waals surface area contributed by atoms with Crippen LogP contribution in [-0.4, -0.2) is 72.9 Å². The van der Waals surface area contributed by atoms with Gasteiger partial charge in [-0.15, -0.1) is 0 Å². The Morgan fingerprint density at radius 1 is 1.17 bits per heavy atom. The van der Waals surface area contributed by atoms with E-state index in [0.717, 1.165) is 49.1 Å². The second-order valence-corrected chi connectivity index (χ2v) is 7.68. The average molecular weight is 332 g/mol. The number of hydrogen-bond donors (Lipinski definition) is 0. The van der Waals surface area contributed by atoms with E-state index < -0.39 is 0 Å². The smallest absolute Gasteiger partial charge is 0.253 e. The van der Waals surface area contributed by atoms with E-state index in [-0.39, 0.29) is 5.91 Å². The van der Waals surface area contributed by atoms with Crippen molar-refractivity contribution in [2.45, 2.75) is 12.2 Å². The number of rotatable bonds is 2. The fraction of sp³-hybridized carbons (Fsp3) is 0.529. The number of anilines is 1. The summed E-state index contributed by atoms with van der Waals surface area (Å²) >= 11 is 1.85. The standard InChI is InChI=1S/C17H24N4OS/c1-13-12-18-17(23-13)21-10-8-20(9-11-21)16(22)14-4-6-15(7-5-14)19(2)3/h4-7,13H,8-12H2,1-3H3. The van der Waals surface area contributed by atoms with Crippen molar-refractivity contribution in [3.63, 3.8) is 0 Å². The second-order valence-electron chi connectivity index (χ2n) is 6.27. The lowest BCUT2D eigenvalue weighted by Crippen LogP contribution is -2.49. The van der Waals surface area contributed by atoms with Crippen molar-refractivity contribution in [2.24, 2.45) is 4.99 Å². The van der Waals surface area contributed by atoms with Crippen LogP contribution in [0.3, 0.4) is 0 Å². The number of piperazine rings is 1. The van der Waals surface area contributed by atoms with Crippen LogP contribution in [-0.2, 0) is 0 Å². The minimum atomic E-state index is 0.129. The number of benzene rings is 1. The number of carbonyl (C=O) groups is 1. The van der Waals surface area contributed by atoms with Crippen molar-refractivity contribution in [2.75, 3.05) is 51.7 Å². The molecule has 0 saturated carbocycles. The quantitative estimate of drug-likeness (QED) is 0.830. The Labute approximate surface area is 142 Å². The monoisotopic (exact) mass is 332 g/mol. The highest BCUT2D eigenvalue weighted by Gasteiger charge is 2.27. The summed E-state index contributed by atoms with van der Waals surface area (Å²) in [5.74, 6) is 0.129. The molecule has 5 nitrogen and oxygen atoms in total. The van der Waals surface area contributed by atoms with E-state index in [9.17, 15) is 4.79 Å². The molecule has 1 unspecified atom stereocenters. The minimum Gasteiger partial charge on any atom is -0.378 e. The highest BCUT2D eigenvalue weighted by molar-refractivity contribution is 8.14. The van der Waals surface area contributed by atoms with Gasteiger partial charge in [0.2, 0.25) is 0 Å². The van der Waals surface area contributed by atoms with E-state index in [1.54, 1.807) is 0 Å². The summed E-state index contributed by atoms with van der Waals surface area (Å²) in [5.41, 5.74) is 1.88. The number of amidine groups is 1. The number of hydrogen-bond acceptors (Lipinski definition) is 5. The molecule has 124 valence electrons. The molecule has 2 aliphatic rings. The number of carbonyl (C=O) groups excluding carboxylic acids is 1. The van der Waals surface area contributed by atoms with Crippen molar-refractivity contribution < 1.29 is 4.79 Å². The summed E-state index contributed by atoms with van der Waals surface area (Å²) in [6, 6.07) is 7.83. The molecule has 1 saturated heterocycles. The first-order chi connectivity index (χ1) is 11.0. The third-order valence-corrected chi connectivity index (χ3v) is 5.41. The SMILES string of the molecule is CC1CN=C(N2CCN(C(=O)c3ccc(N(C)C)cc3)CC2)S1. The molecular formula is C17H24N4OS. The average Bonchev–Trinajstić information content (AvgIpc) is 3.01. The second kappa shape index (κ2) is 6.83. The fourth-order valence-corrected chi connectivity index (χ4v) is 3.81. The third kappa shape index (κ3) is 3.63. The van der Waals surface area contributed by atoms with Gasteiger partial charge in [-0.25, -0.2) is 0 Å². The summed E-state index contributed by atoms with van der Waals surface area (Å²) in [5, 5.41) is 1.74. The predicted molar refractivity (Wildman–Crippen MR) is 97.6 cm³/mol. The summed E-state index contributed by atoms with van der Waals surface area (Å²) < 4.78 is 0. The molecular weight excluding hydrogens is 308 g/mol. The van der Waals surface area contributed by atoms with E-state index in [0.29, 0.717) is 5.25 Å². The van der Waals surface area contributed by atoms with Crippen LogP contribution in [0, 0.1) is 0 Å². The molecule has 1 amide bonds. The Kier molecular flexibility index (Phi) is 4.80. The van der Waals surface area contributed by atoms with Gasteiger partial charge in [0.25, 0.3) is 5.91 Å². The number of aliphatic imine (C=N–C) groups is 1. The van der Waals surface area contributed by atoms with Crippen molar-refractivity contribution in [1.82, 2.24) is 9.80 Å². The van der Waals surface area contributed by atoms with Crippen LogP contribution in [0.25, 0.3) is 0 Å². The molecule has 1 aromatic carbocycles. The van der Waals surface area contributed by atoms with Crippen LogP contribution in [0.4, 0.5) is 5.69 Å². The first-order valence-electron chi connectivity index (χ1n) is 8.07. The minimum absolute atomic E-state index is 0.129. The zero-order valence-corrected chi connectivity index (χ0v) is 14.8. The van der Waals surface area contributed by atoms with Gasteiger partial charge in [-0.3, -0.25) is 9.79 Å². The molecule has 1 aromatic rings. The molecule has 0 aliphatic carbocycles. The van der Waals surface area contributed by atoms with E-state index in [1.165, 1.54) is 0 Å². The maximum Gasteiger partial charge on any atom is 0.253 e. The van der Waals surface area contributed by atoms with Gasteiger partial charge in [0.1, 0.15) is 0 Å². The van der Waals surface area contributed by atoms with Crippen LogP contribution in [0.5, 0.6) is 0 Å². The van der Waals surface area contributed by atoms with Crippen molar-refractivity contribution in [1.29, 1.82) is 0 Å². The third-order valence-electron chi connectivity index (χ3n) is 4.26. The summed E-state index contributed by atoms with van der Waals surface area (Å²) in [4.78, 5) is 23.5. The normalized spacial score (nSPS) is 21.3. The van der Waals surface area contributed by atoms with Gasteiger partial charge in [-0.05, 0) is 24.3 Å². The molecule has 0 aromatic heterocycles. The van der Waals surface area contributed by atoms with Gasteiger partial charge < -0.3 is 14.7 Å². The van der Waals surface area contributed by atoms with Crippen LogP contribution in [0.1, 0.15) is 17.3 Å². The molecule has 0 N–H and O–H groups in total. The van der Waals surface area contributed by atoms with E-state index >= 15 is 0 Å². The first-order valence-corrected chi connectivity index (χ1v) is 8.95. The number of amides is 1. The van der Waals surface area contributed by atoms with E-state index in [2.05, 4.69) is 16.8 Å². The molecule has 1 atom stereocenters. The van der Waals surface area contributed by atoms with Gasteiger partial charge in [0.05, 0.1) is 6.54 Å². The maximum absolute atomic E-state index is 12.6. The summed E-state index contributed by atoms with van der Waals surface area (Å²) in [7, 11) is 4.00. The van der Waals surface area contributed by atoms with E-state index in [4.69, 9.17) is 0 Å². The van der Waals surface area contributed by atoms with Gasteiger partial charge >= 0.3 is 0 Å². The molecule has 1 fully saturated rings. The first kappa shape index (κ1) is 16.2. The zero-order valence-electron chi connectivity index (χ0n) is 14.0. The largest absolute Gasteiger partial charge is 0.378 e. The lowest BCUT2D eigenvalue weighted by atomic mass is 10.1. The molecule has 0 radical (unpaired) electrons. The molecule has 6 heteroatoms. The zero-order chi connectivity index (χ0) is 16.4. The topological polar surface area (TPSA) is 39.1 Å². The summed E-state index contributed by atoms with van der Waals surface area (Å²) in [6.07, 6.45) is 0. The lowest BCUT2D eigenvalue weighted by Gasteiger charge is -2.35. The van der Waals surface area contributed by atoms with Crippen LogP contribution in [0.15, 0.2) is 29.3 Å². The van der Waals surface area contributed by atoms with Gasteiger partial charge in [0, 0.05) is 56.8 Å². The predicted octanol–water partition coefficient (Wildman–Crippen LogP) is 2.00. The molecule has 0 spiro atoms. The molecule has 2 heterocycles. The van der Waals surface area contributed by atoms with Crippen molar-refractivity contribution >= 4 is 28.5 Å². The highest BCUT2D eigenvalue weighted by Crippen LogP contribution is 2.24. The van der Waals surface area contributed by atoms with Crippen molar-refractivity contribution in [3.05, 3.63) is 29.8 Å². The maximum atomic E-state index is 12.6. The Bertz CT molecular complexity index is 591. The fourth-order valence-electron chi connectivity index (χ4n) is 2.82. The lowest BCUT2D eigenvalue weighted by molar-refractivity contribution is 0.0693. The Morgan fingerprint density at radius 2 is 1.83 bits per heavy atom. The van der Waals surface area contributed by atoms with Crippen LogP contribution < -0.4 is 4.90 Å². The number of nitrogens with zero attached hydrogens (tertiary/aromatic N) is 4. The Morgan fingerprint density at radius 3 is 2.35 bits per heavy atom. The highest BCUT2D eigenvalue weighted by atomic mass is 32.2. The Balaban J connectivity index is 1.57.